The molecule has 0 amide bonds. The molecule has 2 fully saturated rings. The number of benzene rings is 1. The smallest absolute Gasteiger partial charge is 0.177 e. The van der Waals surface area contributed by atoms with Crippen LogP contribution in [0.1, 0.15) is 38.9 Å². The van der Waals surface area contributed by atoms with Gasteiger partial charge in [-0.2, -0.15) is 0 Å². The second kappa shape index (κ2) is 6.54. The molecular formula is C23H24FN5O. The van der Waals surface area contributed by atoms with Gasteiger partial charge in [0, 0.05) is 40.3 Å². The third-order valence-electron chi connectivity index (χ3n) is 6.74. The topological polar surface area (TPSA) is 83.8 Å². The second-order valence-corrected chi connectivity index (χ2v) is 9.10. The van der Waals surface area contributed by atoms with Crippen molar-refractivity contribution in [1.29, 1.82) is 0 Å². The Balaban J connectivity index is 1.44. The third kappa shape index (κ3) is 2.96. The van der Waals surface area contributed by atoms with Crippen molar-refractivity contribution < 1.29 is 9.50 Å². The average Bonchev–Trinajstić information content (AvgIpc) is 3.02. The van der Waals surface area contributed by atoms with Gasteiger partial charge in [0.15, 0.2) is 5.82 Å². The summed E-state index contributed by atoms with van der Waals surface area (Å²) in [6, 6.07) is 5.34. The van der Waals surface area contributed by atoms with Gasteiger partial charge in [-0.3, -0.25) is 4.98 Å². The molecule has 0 unspecified atom stereocenters. The number of halogens is 1. The summed E-state index contributed by atoms with van der Waals surface area (Å²) in [5.41, 5.74) is 0.929. The Morgan fingerprint density at radius 3 is 2.80 bits per heavy atom. The lowest BCUT2D eigenvalue weighted by molar-refractivity contribution is 0.0769. The van der Waals surface area contributed by atoms with E-state index in [1.165, 1.54) is 0 Å². The van der Waals surface area contributed by atoms with E-state index >= 15 is 4.39 Å². The van der Waals surface area contributed by atoms with Crippen LogP contribution in [0, 0.1) is 5.92 Å². The molecule has 0 radical (unpaired) electrons. The van der Waals surface area contributed by atoms with Crippen LogP contribution in [0.5, 0.6) is 5.75 Å². The second-order valence-electron chi connectivity index (χ2n) is 9.10. The number of hydrogen-bond acceptors (Lipinski definition) is 6. The molecule has 2 N–H and O–H groups in total. The van der Waals surface area contributed by atoms with Crippen molar-refractivity contribution in [2.24, 2.45) is 5.92 Å². The van der Waals surface area contributed by atoms with Crippen LogP contribution in [0.25, 0.3) is 27.6 Å². The van der Waals surface area contributed by atoms with Gasteiger partial charge < -0.3 is 10.4 Å². The van der Waals surface area contributed by atoms with Crippen LogP contribution in [0.3, 0.4) is 0 Å². The summed E-state index contributed by atoms with van der Waals surface area (Å²) in [7, 11) is 0. The van der Waals surface area contributed by atoms with Gasteiger partial charge in [-0.15, -0.1) is 10.2 Å². The Morgan fingerprint density at radius 1 is 1.20 bits per heavy atom. The van der Waals surface area contributed by atoms with Crippen molar-refractivity contribution in [3.63, 3.8) is 0 Å². The molecule has 0 spiro atoms. The summed E-state index contributed by atoms with van der Waals surface area (Å²) in [4.78, 5) is 8.48. The van der Waals surface area contributed by atoms with Crippen LogP contribution in [0.4, 0.5) is 4.39 Å². The molecule has 154 valence electrons. The van der Waals surface area contributed by atoms with E-state index in [0.717, 1.165) is 23.6 Å². The van der Waals surface area contributed by atoms with Crippen LogP contribution in [-0.4, -0.2) is 42.5 Å². The predicted molar refractivity (Wildman–Crippen MR) is 113 cm³/mol. The van der Waals surface area contributed by atoms with E-state index in [0.29, 0.717) is 29.1 Å². The molecule has 5 rings (SSSR count). The van der Waals surface area contributed by atoms with Crippen molar-refractivity contribution in [3.8, 4) is 17.0 Å². The summed E-state index contributed by atoms with van der Waals surface area (Å²) in [5, 5.41) is 24.1. The first-order valence-corrected chi connectivity index (χ1v) is 10.2. The quantitative estimate of drug-likeness (QED) is 0.684. The van der Waals surface area contributed by atoms with Crippen molar-refractivity contribution >= 4 is 16.3 Å². The summed E-state index contributed by atoms with van der Waals surface area (Å²) in [6.07, 6.45) is 6.31. The molecule has 2 aromatic heterocycles. The molecule has 0 aliphatic carbocycles. The summed E-state index contributed by atoms with van der Waals surface area (Å²) >= 11 is 0. The average molecular weight is 405 g/mol. The number of piperidine rings is 1. The maximum atomic E-state index is 15.3. The fourth-order valence-electron chi connectivity index (χ4n) is 5.08. The minimum absolute atomic E-state index is 0.0813. The summed E-state index contributed by atoms with van der Waals surface area (Å²) < 4.78 is 15.3. The number of rotatable bonds is 3. The Bertz CT molecular complexity index is 1150. The molecule has 2 aliphatic rings. The van der Waals surface area contributed by atoms with E-state index in [4.69, 9.17) is 0 Å². The molecule has 6 nitrogen and oxygen atoms in total. The zero-order valence-electron chi connectivity index (χ0n) is 17.1. The highest BCUT2D eigenvalue weighted by molar-refractivity contribution is 5.89. The standard InChI is InChI=1S/C23H24FN5O/c1-13(17-10-22(2)5-6-23(3,29-22)20(17)24)21-26-12-18(27-28-21)16-8-14-4-7-25-11-15(14)9-19(16)30/h4,7-9,11-12,17,20,29-30H,1,5-6,10H2,2-3H3/t17-,20+,22+,23-/m1/s1. The number of aromatic nitrogens is 4. The van der Waals surface area contributed by atoms with Crippen LogP contribution >= 0.6 is 0 Å². The number of phenolic OH excluding ortho intramolecular Hbond substituents is 1. The number of phenols is 1. The van der Waals surface area contributed by atoms with Crippen molar-refractivity contribution in [3.05, 3.63) is 49.2 Å². The molecule has 30 heavy (non-hydrogen) atoms. The third-order valence-corrected chi connectivity index (χ3v) is 6.74. The van der Waals surface area contributed by atoms with E-state index in [9.17, 15) is 5.11 Å². The van der Waals surface area contributed by atoms with E-state index in [1.807, 2.05) is 19.1 Å². The number of nitrogens with one attached hydrogen (secondary N) is 1. The maximum Gasteiger partial charge on any atom is 0.177 e. The minimum atomic E-state index is -1.05. The molecule has 3 aromatic rings. The van der Waals surface area contributed by atoms with Crippen molar-refractivity contribution in [2.75, 3.05) is 0 Å². The number of aromatic hydroxyl groups is 1. The number of hydrogen-bond donors (Lipinski definition) is 2. The van der Waals surface area contributed by atoms with Gasteiger partial charge in [-0.05, 0) is 62.3 Å². The Kier molecular flexibility index (Phi) is 4.15. The van der Waals surface area contributed by atoms with E-state index in [-0.39, 0.29) is 17.2 Å². The lowest BCUT2D eigenvalue weighted by Gasteiger charge is -2.45. The van der Waals surface area contributed by atoms with E-state index in [2.05, 4.69) is 39.0 Å². The van der Waals surface area contributed by atoms with Crippen LogP contribution in [0.2, 0.25) is 0 Å². The molecule has 2 bridgehead atoms. The Morgan fingerprint density at radius 2 is 2.03 bits per heavy atom. The molecule has 1 aromatic carbocycles. The number of nitrogens with zero attached hydrogens (tertiary/aromatic N) is 4. The highest BCUT2D eigenvalue weighted by Crippen LogP contribution is 2.49. The number of allylic oxidation sites excluding steroid dienone is 1. The van der Waals surface area contributed by atoms with Gasteiger partial charge in [-0.1, -0.05) is 6.58 Å². The summed E-state index contributed by atoms with van der Waals surface area (Å²) in [5.74, 6) is 0.0835. The molecule has 4 atom stereocenters. The fourth-order valence-corrected chi connectivity index (χ4v) is 5.08. The summed E-state index contributed by atoms with van der Waals surface area (Å²) in [6.45, 7) is 8.22. The first kappa shape index (κ1) is 19.1. The fraction of sp³-hybridized carbons (Fsp3) is 0.391. The van der Waals surface area contributed by atoms with Crippen molar-refractivity contribution in [2.45, 2.75) is 50.4 Å². The maximum absolute atomic E-state index is 15.3. The monoisotopic (exact) mass is 405 g/mol. The first-order chi connectivity index (χ1) is 14.3. The van der Waals surface area contributed by atoms with Gasteiger partial charge in [0.25, 0.3) is 0 Å². The SMILES string of the molecule is C=C(c1ncc(-c2cc3ccncc3cc2O)nn1)[C@H]1C[C@]2(C)CC[C@@](C)(N2)[C@H]1F. The van der Waals surface area contributed by atoms with E-state index < -0.39 is 11.7 Å². The minimum Gasteiger partial charge on any atom is -0.507 e. The number of alkyl halides is 1. The zero-order valence-corrected chi connectivity index (χ0v) is 17.1. The predicted octanol–water partition coefficient (Wildman–Crippen LogP) is 4.06. The first-order valence-electron chi connectivity index (χ1n) is 10.2. The van der Waals surface area contributed by atoms with Gasteiger partial charge in [0.1, 0.15) is 17.6 Å². The van der Waals surface area contributed by atoms with Gasteiger partial charge in [0.05, 0.1) is 6.20 Å². The highest BCUT2D eigenvalue weighted by Gasteiger charge is 2.56. The largest absolute Gasteiger partial charge is 0.507 e. The van der Waals surface area contributed by atoms with Crippen LogP contribution in [0.15, 0.2) is 43.4 Å². The molecule has 2 aliphatic heterocycles. The number of pyridine rings is 1. The lowest BCUT2D eigenvalue weighted by atomic mass is 9.75. The van der Waals surface area contributed by atoms with E-state index in [1.54, 1.807) is 24.7 Å². The molecule has 4 heterocycles. The van der Waals surface area contributed by atoms with Crippen LogP contribution < -0.4 is 5.32 Å². The zero-order chi connectivity index (χ0) is 21.1. The van der Waals surface area contributed by atoms with Gasteiger partial charge in [-0.25, -0.2) is 9.37 Å². The van der Waals surface area contributed by atoms with Gasteiger partial charge in [0.2, 0.25) is 0 Å². The Hall–Kier alpha value is -2.93. The van der Waals surface area contributed by atoms with Gasteiger partial charge >= 0.3 is 0 Å². The molecule has 7 heteroatoms. The molecule has 0 saturated carbocycles. The highest BCUT2D eigenvalue weighted by atomic mass is 19.1. The molecular weight excluding hydrogens is 381 g/mol. The Labute approximate surface area is 174 Å². The van der Waals surface area contributed by atoms with Crippen molar-refractivity contribution in [1.82, 2.24) is 25.5 Å². The number of fused-ring (bicyclic) bond motifs is 3. The molecule has 2 saturated heterocycles. The lowest BCUT2D eigenvalue weighted by Crippen LogP contribution is -2.60. The van der Waals surface area contributed by atoms with Crippen LogP contribution in [-0.2, 0) is 0 Å². The normalized spacial score (nSPS) is 30.5.